The number of carbonyl (C=O) groups is 1. The second-order valence-electron chi connectivity index (χ2n) is 4.50. The zero-order valence-electron chi connectivity index (χ0n) is 10.9. The fraction of sp³-hybridized carbons (Fsp3) is 0.267. The van der Waals surface area contributed by atoms with E-state index in [-0.39, 0.29) is 23.3 Å². The van der Waals surface area contributed by atoms with E-state index in [1.54, 1.807) is 12.1 Å². The van der Waals surface area contributed by atoms with E-state index in [0.29, 0.717) is 11.9 Å². The monoisotopic (exact) mass is 258 g/mol. The molecule has 1 atom stereocenters. The van der Waals surface area contributed by atoms with Crippen molar-refractivity contribution >= 4 is 16.7 Å². The highest BCUT2D eigenvalue weighted by atomic mass is 16.3. The van der Waals surface area contributed by atoms with Crippen molar-refractivity contribution < 1.29 is 9.90 Å². The molecule has 0 radical (unpaired) electrons. The zero-order valence-corrected chi connectivity index (χ0v) is 10.9. The minimum atomic E-state index is -0.291. The Balaban J connectivity index is 2.35. The Hall–Kier alpha value is -2.07. The van der Waals surface area contributed by atoms with Crippen LogP contribution < -0.4 is 11.1 Å². The lowest BCUT2D eigenvalue weighted by atomic mass is 10.0. The highest BCUT2D eigenvalue weighted by molar-refractivity contribution is 6.03. The smallest absolute Gasteiger partial charge is 0.255 e. The summed E-state index contributed by atoms with van der Waals surface area (Å²) in [5.41, 5.74) is 5.84. The van der Waals surface area contributed by atoms with Crippen LogP contribution in [0.3, 0.4) is 0 Å². The van der Waals surface area contributed by atoms with E-state index < -0.39 is 0 Å². The van der Waals surface area contributed by atoms with Gasteiger partial charge in [0.15, 0.2) is 0 Å². The maximum atomic E-state index is 12.1. The molecular weight excluding hydrogens is 240 g/mol. The van der Waals surface area contributed by atoms with Crippen LogP contribution in [0.25, 0.3) is 10.8 Å². The predicted molar refractivity (Wildman–Crippen MR) is 76.2 cm³/mol. The second kappa shape index (κ2) is 5.71. The van der Waals surface area contributed by atoms with Crippen LogP contribution in [0.5, 0.6) is 5.75 Å². The number of nitrogens with one attached hydrogen (secondary N) is 1. The van der Waals surface area contributed by atoms with Gasteiger partial charge in [0, 0.05) is 18.0 Å². The van der Waals surface area contributed by atoms with Gasteiger partial charge < -0.3 is 16.2 Å². The van der Waals surface area contributed by atoms with Crippen molar-refractivity contribution in [1.29, 1.82) is 0 Å². The van der Waals surface area contributed by atoms with Gasteiger partial charge in [0.2, 0.25) is 0 Å². The van der Waals surface area contributed by atoms with Crippen LogP contribution in [0.15, 0.2) is 36.4 Å². The molecule has 0 saturated heterocycles. The molecule has 0 aromatic heterocycles. The van der Waals surface area contributed by atoms with Gasteiger partial charge in [-0.1, -0.05) is 37.3 Å². The molecule has 1 amide bonds. The Kier molecular flexibility index (Phi) is 4.02. The second-order valence-corrected chi connectivity index (χ2v) is 4.50. The first-order valence-corrected chi connectivity index (χ1v) is 6.39. The van der Waals surface area contributed by atoms with Gasteiger partial charge in [-0.05, 0) is 17.9 Å². The number of benzene rings is 2. The van der Waals surface area contributed by atoms with E-state index in [1.807, 2.05) is 31.2 Å². The fourth-order valence-corrected chi connectivity index (χ4v) is 2.03. The zero-order chi connectivity index (χ0) is 13.8. The summed E-state index contributed by atoms with van der Waals surface area (Å²) in [5.74, 6) is -0.275. The maximum Gasteiger partial charge on any atom is 0.255 e. The van der Waals surface area contributed by atoms with Crippen molar-refractivity contribution in [2.24, 2.45) is 5.73 Å². The summed E-state index contributed by atoms with van der Waals surface area (Å²) in [4.78, 5) is 12.1. The molecule has 0 fully saturated rings. The SMILES string of the molecule is CCC(CN)NC(=O)c1ccc2ccccc2c1O. The first kappa shape index (κ1) is 13.4. The Morgan fingerprint density at radius 2 is 2.05 bits per heavy atom. The average molecular weight is 258 g/mol. The number of hydrogen-bond acceptors (Lipinski definition) is 3. The number of carbonyl (C=O) groups excluding carboxylic acids is 1. The predicted octanol–water partition coefficient (Wildman–Crippen LogP) is 2.01. The fourth-order valence-electron chi connectivity index (χ4n) is 2.03. The van der Waals surface area contributed by atoms with Crippen molar-refractivity contribution in [2.75, 3.05) is 6.54 Å². The van der Waals surface area contributed by atoms with Crippen LogP contribution >= 0.6 is 0 Å². The Bertz CT molecular complexity index is 592. The molecule has 0 saturated carbocycles. The van der Waals surface area contributed by atoms with E-state index >= 15 is 0 Å². The first-order chi connectivity index (χ1) is 9.17. The molecule has 0 heterocycles. The van der Waals surface area contributed by atoms with Crippen LogP contribution in [0, 0.1) is 0 Å². The van der Waals surface area contributed by atoms with Crippen LogP contribution in [-0.4, -0.2) is 23.6 Å². The van der Waals surface area contributed by atoms with E-state index in [0.717, 1.165) is 11.8 Å². The molecule has 19 heavy (non-hydrogen) atoms. The average Bonchev–Trinajstić information content (AvgIpc) is 2.45. The van der Waals surface area contributed by atoms with Gasteiger partial charge >= 0.3 is 0 Å². The molecule has 100 valence electrons. The summed E-state index contributed by atoms with van der Waals surface area (Å²) in [6.45, 7) is 2.34. The third kappa shape index (κ3) is 2.69. The van der Waals surface area contributed by atoms with E-state index in [9.17, 15) is 9.90 Å². The Morgan fingerprint density at radius 3 is 2.74 bits per heavy atom. The van der Waals surface area contributed by atoms with Crippen LogP contribution in [0.2, 0.25) is 0 Å². The molecule has 1 unspecified atom stereocenters. The van der Waals surface area contributed by atoms with Crippen molar-refractivity contribution in [3.63, 3.8) is 0 Å². The van der Waals surface area contributed by atoms with E-state index in [2.05, 4.69) is 5.32 Å². The van der Waals surface area contributed by atoms with Crippen molar-refractivity contribution in [2.45, 2.75) is 19.4 Å². The Morgan fingerprint density at radius 1 is 1.32 bits per heavy atom. The molecule has 0 aliphatic heterocycles. The molecule has 4 heteroatoms. The number of amides is 1. The van der Waals surface area contributed by atoms with E-state index in [1.165, 1.54) is 0 Å². The van der Waals surface area contributed by atoms with Gasteiger partial charge in [-0.15, -0.1) is 0 Å². The van der Waals surface area contributed by atoms with Gasteiger partial charge in [-0.25, -0.2) is 0 Å². The molecule has 0 spiro atoms. The largest absolute Gasteiger partial charge is 0.506 e. The van der Waals surface area contributed by atoms with Crippen molar-refractivity contribution in [3.8, 4) is 5.75 Å². The van der Waals surface area contributed by atoms with E-state index in [4.69, 9.17) is 5.73 Å². The van der Waals surface area contributed by atoms with Gasteiger partial charge in [-0.2, -0.15) is 0 Å². The topological polar surface area (TPSA) is 75.3 Å². The molecule has 4 nitrogen and oxygen atoms in total. The number of nitrogens with two attached hydrogens (primary N) is 1. The number of hydrogen-bond donors (Lipinski definition) is 3. The first-order valence-electron chi connectivity index (χ1n) is 6.39. The number of rotatable bonds is 4. The standard InChI is InChI=1S/C15H18N2O2/c1-2-11(9-16)17-15(19)13-8-7-10-5-3-4-6-12(10)14(13)18/h3-8,11,18H,2,9,16H2,1H3,(H,17,19). The van der Waals surface area contributed by atoms with Gasteiger partial charge in [-0.3, -0.25) is 4.79 Å². The molecule has 0 aliphatic rings. The number of phenolic OH excluding ortho intramolecular Hbond substituents is 1. The lowest BCUT2D eigenvalue weighted by Gasteiger charge is -2.15. The molecule has 2 rings (SSSR count). The molecule has 0 aliphatic carbocycles. The minimum absolute atomic E-state index is 0.0162. The molecular formula is C15H18N2O2. The van der Waals surface area contributed by atoms with Gasteiger partial charge in [0.25, 0.3) is 5.91 Å². The highest BCUT2D eigenvalue weighted by Crippen LogP contribution is 2.28. The summed E-state index contributed by atoms with van der Waals surface area (Å²) >= 11 is 0. The number of fused-ring (bicyclic) bond motifs is 1. The van der Waals surface area contributed by atoms with Crippen LogP contribution in [0.1, 0.15) is 23.7 Å². The van der Waals surface area contributed by atoms with Crippen LogP contribution in [-0.2, 0) is 0 Å². The quantitative estimate of drug-likeness (QED) is 0.785. The summed E-state index contributed by atoms with van der Waals surface area (Å²) in [5, 5.41) is 14.6. The summed E-state index contributed by atoms with van der Waals surface area (Å²) in [7, 11) is 0. The van der Waals surface area contributed by atoms with Gasteiger partial charge in [0.1, 0.15) is 5.75 Å². The lowest BCUT2D eigenvalue weighted by Crippen LogP contribution is -2.39. The van der Waals surface area contributed by atoms with Crippen molar-refractivity contribution in [1.82, 2.24) is 5.32 Å². The molecule has 2 aromatic carbocycles. The highest BCUT2D eigenvalue weighted by Gasteiger charge is 2.16. The Labute approximate surface area is 112 Å². The molecule has 0 bridgehead atoms. The lowest BCUT2D eigenvalue weighted by molar-refractivity contribution is 0.0935. The van der Waals surface area contributed by atoms with Crippen LogP contribution in [0.4, 0.5) is 0 Å². The summed E-state index contributed by atoms with van der Waals surface area (Å²) in [6.07, 6.45) is 0.760. The molecule has 2 aromatic rings. The normalized spacial score (nSPS) is 12.3. The third-order valence-electron chi connectivity index (χ3n) is 3.26. The maximum absolute atomic E-state index is 12.1. The third-order valence-corrected chi connectivity index (χ3v) is 3.26. The summed E-state index contributed by atoms with van der Waals surface area (Å²) < 4.78 is 0. The summed E-state index contributed by atoms with van der Waals surface area (Å²) in [6, 6.07) is 10.8. The molecule has 4 N–H and O–H groups in total. The van der Waals surface area contributed by atoms with Crippen molar-refractivity contribution in [3.05, 3.63) is 42.0 Å². The minimum Gasteiger partial charge on any atom is -0.506 e. The number of phenols is 1. The van der Waals surface area contributed by atoms with Gasteiger partial charge in [0.05, 0.1) is 5.56 Å². The number of aromatic hydroxyl groups is 1.